The number of carbonyl (C=O) groups excluding carboxylic acids is 2. The highest BCUT2D eigenvalue weighted by Gasteiger charge is 2.28. The van der Waals surface area contributed by atoms with Gasteiger partial charge in [0.2, 0.25) is 5.91 Å². The number of nitrogens with one attached hydrogen (secondary N) is 2. The van der Waals surface area contributed by atoms with E-state index in [2.05, 4.69) is 42.7 Å². The highest BCUT2D eigenvalue weighted by Crippen LogP contribution is 2.18. The molecule has 154 valence electrons. The van der Waals surface area contributed by atoms with Crippen molar-refractivity contribution in [2.45, 2.75) is 39.5 Å². The van der Waals surface area contributed by atoms with Crippen molar-refractivity contribution >= 4 is 17.6 Å². The number of likely N-dealkylation sites (tertiary alicyclic amines) is 1. The Bertz CT molecular complexity index is 835. The van der Waals surface area contributed by atoms with Crippen LogP contribution in [0.1, 0.15) is 36.0 Å². The molecule has 0 unspecified atom stereocenters. The maximum atomic E-state index is 12.6. The third-order valence-electron chi connectivity index (χ3n) is 5.52. The Morgan fingerprint density at radius 2 is 1.90 bits per heavy atom. The van der Waals surface area contributed by atoms with Gasteiger partial charge in [-0.25, -0.2) is 4.79 Å². The Hall–Kier alpha value is -2.82. The van der Waals surface area contributed by atoms with Crippen molar-refractivity contribution in [2.24, 2.45) is 5.92 Å². The monoisotopic (exact) mass is 393 g/mol. The highest BCUT2D eigenvalue weighted by molar-refractivity contribution is 5.90. The molecular formula is C24H31N3O2. The summed E-state index contributed by atoms with van der Waals surface area (Å²) in [6.07, 6.45) is 3.56. The van der Waals surface area contributed by atoms with Crippen molar-refractivity contribution in [3.05, 3.63) is 65.2 Å². The Morgan fingerprint density at radius 3 is 2.66 bits per heavy atom. The van der Waals surface area contributed by atoms with E-state index in [0.717, 1.165) is 31.4 Å². The Labute approximate surface area is 173 Å². The number of piperidine rings is 1. The predicted octanol–water partition coefficient (Wildman–Crippen LogP) is 4.30. The van der Waals surface area contributed by atoms with Gasteiger partial charge in [-0.05, 0) is 62.8 Å². The van der Waals surface area contributed by atoms with Gasteiger partial charge >= 0.3 is 6.03 Å². The average molecular weight is 394 g/mol. The molecule has 2 N–H and O–H groups in total. The van der Waals surface area contributed by atoms with Gasteiger partial charge < -0.3 is 15.5 Å². The third-order valence-corrected chi connectivity index (χ3v) is 5.52. The van der Waals surface area contributed by atoms with Gasteiger partial charge in [0.25, 0.3) is 0 Å². The Morgan fingerprint density at radius 1 is 1.10 bits per heavy atom. The second-order valence-electron chi connectivity index (χ2n) is 7.91. The summed E-state index contributed by atoms with van der Waals surface area (Å²) in [5.41, 5.74) is 4.70. The lowest BCUT2D eigenvalue weighted by Gasteiger charge is -2.32. The van der Waals surface area contributed by atoms with Crippen LogP contribution >= 0.6 is 0 Å². The van der Waals surface area contributed by atoms with Crippen molar-refractivity contribution in [2.75, 3.05) is 25.0 Å². The van der Waals surface area contributed by atoms with Gasteiger partial charge in [0.05, 0.1) is 5.92 Å². The SMILES string of the molecule is Cc1ccc(CCCNC(=O)[C@@H]2CCCN(C(=O)Nc3ccccc3)C2)c(C)c1. The predicted molar refractivity (Wildman–Crippen MR) is 117 cm³/mol. The van der Waals surface area contributed by atoms with E-state index >= 15 is 0 Å². The van der Waals surface area contributed by atoms with Crippen molar-refractivity contribution < 1.29 is 9.59 Å². The molecule has 0 bridgehead atoms. The van der Waals surface area contributed by atoms with E-state index in [1.54, 1.807) is 4.90 Å². The minimum Gasteiger partial charge on any atom is -0.356 e. The molecule has 1 aliphatic heterocycles. The number of anilines is 1. The van der Waals surface area contributed by atoms with E-state index in [0.29, 0.717) is 19.6 Å². The minimum absolute atomic E-state index is 0.0582. The molecule has 2 aromatic carbocycles. The van der Waals surface area contributed by atoms with Crippen LogP contribution in [-0.4, -0.2) is 36.5 Å². The molecule has 1 fully saturated rings. The van der Waals surface area contributed by atoms with Gasteiger partial charge in [0.15, 0.2) is 0 Å². The van der Waals surface area contributed by atoms with Crippen LogP contribution in [-0.2, 0) is 11.2 Å². The molecule has 0 aliphatic carbocycles. The van der Waals surface area contributed by atoms with Gasteiger partial charge in [-0.15, -0.1) is 0 Å². The standard InChI is InChI=1S/C24H31N3O2/c1-18-12-13-20(19(2)16-18)8-6-14-25-23(28)21-9-7-15-27(17-21)24(29)26-22-10-4-3-5-11-22/h3-5,10-13,16,21H,6-9,14-15,17H2,1-2H3,(H,25,28)(H,26,29)/t21-/m1/s1. The molecule has 3 rings (SSSR count). The van der Waals surface area contributed by atoms with E-state index in [1.165, 1.54) is 16.7 Å². The Balaban J connectivity index is 1.42. The van der Waals surface area contributed by atoms with Crippen molar-refractivity contribution in [3.63, 3.8) is 0 Å². The minimum atomic E-state index is -0.136. The molecule has 0 aromatic heterocycles. The summed E-state index contributed by atoms with van der Waals surface area (Å²) < 4.78 is 0. The van der Waals surface area contributed by atoms with E-state index in [4.69, 9.17) is 0 Å². The third kappa shape index (κ3) is 6.08. The molecular weight excluding hydrogens is 362 g/mol. The molecule has 3 amide bonds. The fraction of sp³-hybridized carbons (Fsp3) is 0.417. The Kier molecular flexibility index (Phi) is 7.28. The van der Waals surface area contributed by atoms with Crippen LogP contribution in [0.25, 0.3) is 0 Å². The van der Waals surface area contributed by atoms with Crippen molar-refractivity contribution in [1.82, 2.24) is 10.2 Å². The molecule has 1 saturated heterocycles. The molecule has 1 aliphatic rings. The van der Waals surface area contributed by atoms with E-state index in [-0.39, 0.29) is 17.9 Å². The number of urea groups is 1. The van der Waals surface area contributed by atoms with Gasteiger partial charge in [0.1, 0.15) is 0 Å². The molecule has 2 aromatic rings. The van der Waals surface area contributed by atoms with Crippen LogP contribution in [0.4, 0.5) is 10.5 Å². The highest BCUT2D eigenvalue weighted by atomic mass is 16.2. The van der Waals surface area contributed by atoms with E-state index in [9.17, 15) is 9.59 Å². The van der Waals surface area contributed by atoms with Gasteiger partial charge in [-0.2, -0.15) is 0 Å². The number of rotatable bonds is 6. The lowest BCUT2D eigenvalue weighted by Crippen LogP contribution is -2.47. The zero-order valence-corrected chi connectivity index (χ0v) is 17.4. The first kappa shape index (κ1) is 20.9. The van der Waals surface area contributed by atoms with Crippen LogP contribution in [0, 0.1) is 19.8 Å². The summed E-state index contributed by atoms with van der Waals surface area (Å²) in [5, 5.41) is 5.97. The molecule has 5 nitrogen and oxygen atoms in total. The molecule has 0 radical (unpaired) electrons. The summed E-state index contributed by atoms with van der Waals surface area (Å²) in [6, 6.07) is 15.8. The van der Waals surface area contributed by atoms with Crippen LogP contribution < -0.4 is 10.6 Å². The summed E-state index contributed by atoms with van der Waals surface area (Å²) in [6.45, 7) is 6.07. The number of amides is 3. The molecule has 0 saturated carbocycles. The van der Waals surface area contributed by atoms with Gasteiger partial charge in [0, 0.05) is 25.3 Å². The maximum absolute atomic E-state index is 12.6. The second kappa shape index (κ2) is 10.1. The summed E-state index contributed by atoms with van der Waals surface area (Å²) >= 11 is 0. The summed E-state index contributed by atoms with van der Waals surface area (Å²) in [4.78, 5) is 26.8. The quantitative estimate of drug-likeness (QED) is 0.719. The smallest absolute Gasteiger partial charge is 0.321 e. The number of nitrogens with zero attached hydrogens (tertiary/aromatic N) is 1. The van der Waals surface area contributed by atoms with E-state index in [1.807, 2.05) is 30.3 Å². The number of carbonyl (C=O) groups is 2. The zero-order valence-electron chi connectivity index (χ0n) is 17.4. The van der Waals surface area contributed by atoms with Crippen LogP contribution in [0.15, 0.2) is 48.5 Å². The fourth-order valence-electron chi connectivity index (χ4n) is 3.86. The average Bonchev–Trinajstić information content (AvgIpc) is 2.73. The first-order valence-electron chi connectivity index (χ1n) is 10.5. The first-order valence-corrected chi connectivity index (χ1v) is 10.5. The molecule has 1 heterocycles. The van der Waals surface area contributed by atoms with Crippen LogP contribution in [0.3, 0.4) is 0 Å². The summed E-state index contributed by atoms with van der Waals surface area (Å²) in [7, 11) is 0. The topological polar surface area (TPSA) is 61.4 Å². The van der Waals surface area contributed by atoms with Crippen molar-refractivity contribution in [3.8, 4) is 0 Å². The van der Waals surface area contributed by atoms with E-state index < -0.39 is 0 Å². The van der Waals surface area contributed by atoms with Crippen LogP contribution in [0.2, 0.25) is 0 Å². The summed E-state index contributed by atoms with van der Waals surface area (Å²) in [5.74, 6) is -0.0748. The fourth-order valence-corrected chi connectivity index (χ4v) is 3.86. The lowest BCUT2D eigenvalue weighted by molar-refractivity contribution is -0.126. The van der Waals surface area contributed by atoms with Gasteiger partial charge in [-0.3, -0.25) is 4.79 Å². The molecule has 1 atom stereocenters. The van der Waals surface area contributed by atoms with Crippen molar-refractivity contribution in [1.29, 1.82) is 0 Å². The molecule has 29 heavy (non-hydrogen) atoms. The van der Waals surface area contributed by atoms with Gasteiger partial charge in [-0.1, -0.05) is 42.0 Å². The lowest BCUT2D eigenvalue weighted by atomic mass is 9.97. The first-order chi connectivity index (χ1) is 14.0. The van der Waals surface area contributed by atoms with Crippen LogP contribution in [0.5, 0.6) is 0 Å². The number of hydrogen-bond acceptors (Lipinski definition) is 2. The largest absolute Gasteiger partial charge is 0.356 e. The molecule has 0 spiro atoms. The zero-order chi connectivity index (χ0) is 20.6. The normalized spacial score (nSPS) is 16.3. The molecule has 5 heteroatoms. The number of hydrogen-bond donors (Lipinski definition) is 2. The number of para-hydroxylation sites is 1. The number of aryl methyl sites for hydroxylation is 3. The second-order valence-corrected chi connectivity index (χ2v) is 7.91. The maximum Gasteiger partial charge on any atom is 0.321 e. The number of benzene rings is 2.